The van der Waals surface area contributed by atoms with Crippen molar-refractivity contribution in [3.8, 4) is 0 Å². The summed E-state index contributed by atoms with van der Waals surface area (Å²) in [7, 11) is 1.55. The molecule has 1 N–H and O–H groups in total. The Hall–Kier alpha value is -2.45. The van der Waals surface area contributed by atoms with E-state index in [9.17, 15) is 14.0 Å². The summed E-state index contributed by atoms with van der Waals surface area (Å²) in [5.41, 5.74) is 0.850. The van der Waals surface area contributed by atoms with Gasteiger partial charge in [-0.25, -0.2) is 9.07 Å². The van der Waals surface area contributed by atoms with Crippen LogP contribution in [0.25, 0.3) is 0 Å². The van der Waals surface area contributed by atoms with Gasteiger partial charge in [0.15, 0.2) is 0 Å². The van der Waals surface area contributed by atoms with Crippen molar-refractivity contribution < 1.29 is 9.18 Å². The quantitative estimate of drug-likeness (QED) is 0.868. The summed E-state index contributed by atoms with van der Waals surface area (Å²) in [5.74, 6) is -0.499. The molecule has 9 heteroatoms. The normalized spacial score (nSPS) is 15.1. The first-order chi connectivity index (χ1) is 12.4. The third kappa shape index (κ3) is 4.20. The molecule has 7 nitrogen and oxygen atoms in total. The molecule has 0 bridgehead atoms. The van der Waals surface area contributed by atoms with Crippen molar-refractivity contribution in [3.05, 3.63) is 51.7 Å². The molecule has 1 aromatic carbocycles. The van der Waals surface area contributed by atoms with E-state index >= 15 is 0 Å². The average Bonchev–Trinajstić information content (AvgIpc) is 2.63. The fourth-order valence-electron chi connectivity index (χ4n) is 2.81. The highest BCUT2D eigenvalue weighted by molar-refractivity contribution is 6.33. The molecule has 0 atom stereocenters. The third-order valence-electron chi connectivity index (χ3n) is 4.27. The number of benzene rings is 1. The van der Waals surface area contributed by atoms with Crippen molar-refractivity contribution in [2.75, 3.05) is 42.9 Å². The lowest BCUT2D eigenvalue weighted by Gasteiger charge is -2.35. The van der Waals surface area contributed by atoms with Crippen LogP contribution in [0, 0.1) is 5.82 Å². The van der Waals surface area contributed by atoms with Gasteiger partial charge >= 0.3 is 0 Å². The molecular formula is C17H19ClFN5O2. The number of rotatable bonds is 4. The van der Waals surface area contributed by atoms with Crippen LogP contribution in [0.2, 0.25) is 5.02 Å². The fourth-order valence-corrected chi connectivity index (χ4v) is 3.10. The molecule has 0 spiro atoms. The highest BCUT2D eigenvalue weighted by atomic mass is 35.5. The van der Waals surface area contributed by atoms with Gasteiger partial charge in [0, 0.05) is 38.9 Å². The Bertz CT molecular complexity index is 847. The van der Waals surface area contributed by atoms with Crippen LogP contribution >= 0.6 is 11.6 Å². The monoisotopic (exact) mass is 379 g/mol. The second-order valence-electron chi connectivity index (χ2n) is 6.09. The number of amides is 1. The Kier molecular flexibility index (Phi) is 5.53. The fraction of sp³-hybridized carbons (Fsp3) is 0.353. The number of hydrogen-bond donors (Lipinski definition) is 1. The summed E-state index contributed by atoms with van der Waals surface area (Å²) >= 11 is 6.13. The van der Waals surface area contributed by atoms with Gasteiger partial charge in [-0.1, -0.05) is 11.6 Å². The first kappa shape index (κ1) is 18.3. The lowest BCUT2D eigenvalue weighted by molar-refractivity contribution is -0.117. The Labute approximate surface area is 155 Å². The van der Waals surface area contributed by atoms with E-state index in [1.54, 1.807) is 13.2 Å². The van der Waals surface area contributed by atoms with Gasteiger partial charge in [-0.15, -0.1) is 0 Å². The Morgan fingerprint density at radius 2 is 1.88 bits per heavy atom. The molecule has 1 aliphatic rings. The van der Waals surface area contributed by atoms with Gasteiger partial charge in [-0.3, -0.25) is 14.5 Å². The van der Waals surface area contributed by atoms with E-state index < -0.39 is 0 Å². The summed E-state index contributed by atoms with van der Waals surface area (Å²) in [6, 6.07) is 5.65. The summed E-state index contributed by atoms with van der Waals surface area (Å²) < 4.78 is 14.1. The number of aryl methyl sites for hydroxylation is 1. The number of anilines is 2. The number of nitrogens with one attached hydrogen (secondary N) is 1. The Morgan fingerprint density at radius 1 is 1.23 bits per heavy atom. The van der Waals surface area contributed by atoms with Crippen molar-refractivity contribution in [1.82, 2.24) is 14.7 Å². The minimum atomic E-state index is -0.344. The number of hydrogen-bond acceptors (Lipinski definition) is 5. The van der Waals surface area contributed by atoms with Crippen molar-refractivity contribution >= 4 is 28.9 Å². The van der Waals surface area contributed by atoms with Gasteiger partial charge in [0.1, 0.15) is 10.8 Å². The number of halogens is 2. The molecule has 2 aromatic rings. The number of carbonyl (C=O) groups is 1. The molecule has 1 fully saturated rings. The van der Waals surface area contributed by atoms with Gasteiger partial charge in [0.05, 0.1) is 18.4 Å². The molecule has 0 radical (unpaired) electrons. The first-order valence-electron chi connectivity index (χ1n) is 8.18. The third-order valence-corrected chi connectivity index (χ3v) is 4.62. The van der Waals surface area contributed by atoms with Crippen molar-refractivity contribution in [2.45, 2.75) is 0 Å². The van der Waals surface area contributed by atoms with E-state index in [4.69, 9.17) is 11.6 Å². The number of nitrogens with zero attached hydrogens (tertiary/aromatic N) is 4. The van der Waals surface area contributed by atoms with Gasteiger partial charge in [-0.05, 0) is 24.3 Å². The zero-order chi connectivity index (χ0) is 18.7. The summed E-state index contributed by atoms with van der Waals surface area (Å²) in [6.07, 6.45) is 1.58. The van der Waals surface area contributed by atoms with E-state index in [-0.39, 0.29) is 28.9 Å². The topological polar surface area (TPSA) is 70.5 Å². The number of piperazine rings is 1. The van der Waals surface area contributed by atoms with Crippen molar-refractivity contribution in [3.63, 3.8) is 0 Å². The predicted octanol–water partition coefficient (Wildman–Crippen LogP) is 1.33. The average molecular weight is 380 g/mol. The number of carbonyl (C=O) groups excluding carboxylic acids is 1. The molecule has 0 unspecified atom stereocenters. The lowest BCUT2D eigenvalue weighted by Crippen LogP contribution is -2.49. The molecule has 1 amide bonds. The van der Waals surface area contributed by atoms with Gasteiger partial charge in [-0.2, -0.15) is 5.10 Å². The van der Waals surface area contributed by atoms with Crippen LogP contribution in [0.15, 0.2) is 35.3 Å². The lowest BCUT2D eigenvalue weighted by atomic mass is 10.2. The SMILES string of the molecule is Cn1ncc(N2CCN(CC(=O)Nc3ccc(F)cc3)CC2)c(Cl)c1=O. The molecule has 1 saturated heterocycles. The second-order valence-corrected chi connectivity index (χ2v) is 6.47. The van der Waals surface area contributed by atoms with Crippen LogP contribution in [0.3, 0.4) is 0 Å². The minimum Gasteiger partial charge on any atom is -0.366 e. The summed E-state index contributed by atoms with van der Waals surface area (Å²) in [4.78, 5) is 28.0. The van der Waals surface area contributed by atoms with Crippen LogP contribution in [-0.4, -0.2) is 53.3 Å². The van der Waals surface area contributed by atoms with E-state index in [0.29, 0.717) is 37.6 Å². The van der Waals surface area contributed by atoms with Crippen LogP contribution < -0.4 is 15.8 Å². The van der Waals surface area contributed by atoms with E-state index in [2.05, 4.69) is 10.4 Å². The van der Waals surface area contributed by atoms with Gasteiger partial charge in [0.2, 0.25) is 5.91 Å². The highest BCUT2D eigenvalue weighted by Gasteiger charge is 2.22. The molecule has 2 heterocycles. The van der Waals surface area contributed by atoms with E-state index in [1.165, 1.54) is 28.9 Å². The minimum absolute atomic E-state index is 0.154. The molecule has 1 aromatic heterocycles. The molecule has 0 aliphatic carbocycles. The largest absolute Gasteiger partial charge is 0.366 e. The predicted molar refractivity (Wildman–Crippen MR) is 98.2 cm³/mol. The molecule has 1 aliphatic heterocycles. The maximum absolute atomic E-state index is 12.9. The molecular weight excluding hydrogens is 361 g/mol. The van der Waals surface area contributed by atoms with Gasteiger partial charge < -0.3 is 10.2 Å². The standard InChI is InChI=1S/C17H19ClFN5O2/c1-22-17(26)16(18)14(10-20-22)24-8-6-23(7-9-24)11-15(25)21-13-4-2-12(19)3-5-13/h2-5,10H,6-9,11H2,1H3,(H,21,25). The molecule has 138 valence electrons. The molecule has 3 rings (SSSR count). The van der Waals surface area contributed by atoms with E-state index in [1.807, 2.05) is 9.80 Å². The van der Waals surface area contributed by atoms with Gasteiger partial charge in [0.25, 0.3) is 5.56 Å². The second kappa shape index (κ2) is 7.84. The van der Waals surface area contributed by atoms with Crippen LogP contribution in [0.5, 0.6) is 0 Å². The maximum atomic E-state index is 12.9. The molecule has 0 saturated carbocycles. The maximum Gasteiger partial charge on any atom is 0.287 e. The Morgan fingerprint density at radius 3 is 2.54 bits per heavy atom. The summed E-state index contributed by atoms with van der Waals surface area (Å²) in [6.45, 7) is 2.83. The van der Waals surface area contributed by atoms with Crippen LogP contribution in [0.4, 0.5) is 15.8 Å². The van der Waals surface area contributed by atoms with Crippen LogP contribution in [-0.2, 0) is 11.8 Å². The zero-order valence-corrected chi connectivity index (χ0v) is 15.0. The first-order valence-corrected chi connectivity index (χ1v) is 8.56. The van der Waals surface area contributed by atoms with Crippen LogP contribution in [0.1, 0.15) is 0 Å². The van der Waals surface area contributed by atoms with E-state index in [0.717, 1.165) is 0 Å². The number of aromatic nitrogens is 2. The van der Waals surface area contributed by atoms with Crippen molar-refractivity contribution in [1.29, 1.82) is 0 Å². The molecule has 26 heavy (non-hydrogen) atoms. The van der Waals surface area contributed by atoms with Crippen molar-refractivity contribution in [2.24, 2.45) is 7.05 Å². The zero-order valence-electron chi connectivity index (χ0n) is 14.3. The Balaban J connectivity index is 1.54. The summed E-state index contributed by atoms with van der Waals surface area (Å²) in [5, 5.41) is 6.91. The smallest absolute Gasteiger partial charge is 0.287 e. The highest BCUT2D eigenvalue weighted by Crippen LogP contribution is 2.22.